The molecule has 0 radical (unpaired) electrons. The number of pyridine rings is 2. The summed E-state index contributed by atoms with van der Waals surface area (Å²) in [7, 11) is 0. The van der Waals surface area contributed by atoms with Crippen LogP contribution in [0.1, 0.15) is 15.9 Å². The molecule has 0 aliphatic rings. The lowest BCUT2D eigenvalue weighted by Crippen LogP contribution is -2.22. The number of benzene rings is 1. The number of phenols is 1. The number of hydrogen-bond acceptors (Lipinski definition) is 5. The Hall–Kier alpha value is -3.42. The molecule has 0 fully saturated rings. The monoisotopic (exact) mass is 440 g/mol. The predicted molar refractivity (Wildman–Crippen MR) is 114 cm³/mol. The third-order valence-electron chi connectivity index (χ3n) is 4.37. The van der Waals surface area contributed by atoms with Crippen molar-refractivity contribution >= 4 is 51.6 Å². The number of anilines is 1. The van der Waals surface area contributed by atoms with Gasteiger partial charge in [-0.15, -0.1) is 0 Å². The normalized spacial score (nSPS) is 10.9. The summed E-state index contributed by atoms with van der Waals surface area (Å²) in [5.74, 6) is -1.43. The van der Waals surface area contributed by atoms with E-state index >= 15 is 0 Å². The molecule has 3 heterocycles. The van der Waals surface area contributed by atoms with Crippen molar-refractivity contribution in [2.75, 3.05) is 5.32 Å². The lowest BCUT2D eigenvalue weighted by Gasteiger charge is -2.05. The average Bonchev–Trinajstić information content (AvgIpc) is 3.05. The smallest absolute Gasteiger partial charge is 0.296 e. The van der Waals surface area contributed by atoms with Crippen molar-refractivity contribution in [1.29, 1.82) is 0 Å². The van der Waals surface area contributed by atoms with Crippen molar-refractivity contribution in [3.8, 4) is 5.75 Å². The average molecular weight is 441 g/mol. The second-order valence-electron chi connectivity index (χ2n) is 6.50. The van der Waals surface area contributed by atoms with Crippen molar-refractivity contribution in [1.82, 2.24) is 14.5 Å². The number of amides is 1. The third kappa shape index (κ3) is 4.12. The van der Waals surface area contributed by atoms with Gasteiger partial charge in [0.1, 0.15) is 21.7 Å². The number of aromatic hydroxyl groups is 1. The molecule has 1 amide bonds. The molecule has 4 rings (SSSR count). The number of fused-ring (bicyclic) bond motifs is 1. The molecule has 3 aromatic heterocycles. The molecular formula is C21H14Cl2N4O3. The molecule has 0 aliphatic heterocycles. The number of nitrogens with zero attached hydrogens (tertiary/aromatic N) is 3. The molecule has 7 nitrogen and oxygen atoms in total. The molecule has 0 bridgehead atoms. The first kappa shape index (κ1) is 19.9. The van der Waals surface area contributed by atoms with Gasteiger partial charge in [0.05, 0.1) is 5.56 Å². The summed E-state index contributed by atoms with van der Waals surface area (Å²) in [6.45, 7) is 0.367. The highest BCUT2D eigenvalue weighted by molar-refractivity contribution is 6.48. The van der Waals surface area contributed by atoms with E-state index in [0.29, 0.717) is 17.6 Å². The minimum Gasteiger partial charge on any atom is -0.508 e. The van der Waals surface area contributed by atoms with Crippen LogP contribution in [0.15, 0.2) is 60.9 Å². The molecule has 0 unspecified atom stereocenters. The first-order valence-corrected chi connectivity index (χ1v) is 9.57. The Labute approximate surface area is 180 Å². The van der Waals surface area contributed by atoms with E-state index in [9.17, 15) is 14.7 Å². The van der Waals surface area contributed by atoms with E-state index in [1.54, 1.807) is 47.3 Å². The zero-order valence-corrected chi connectivity index (χ0v) is 16.9. The van der Waals surface area contributed by atoms with Crippen LogP contribution in [-0.4, -0.2) is 31.3 Å². The van der Waals surface area contributed by atoms with Gasteiger partial charge in [-0.3, -0.25) is 9.59 Å². The SMILES string of the molecule is O=C(Nc1cc(Cl)nc(Cl)c1)C(=O)c1cn(Cc2cccc(O)c2)c2ncccc12. The van der Waals surface area contributed by atoms with Gasteiger partial charge in [-0.25, -0.2) is 9.97 Å². The van der Waals surface area contributed by atoms with Crippen molar-refractivity contribution in [3.05, 3.63) is 82.4 Å². The van der Waals surface area contributed by atoms with E-state index < -0.39 is 11.7 Å². The van der Waals surface area contributed by atoms with Gasteiger partial charge in [0.15, 0.2) is 0 Å². The van der Waals surface area contributed by atoms with Gasteiger partial charge in [0, 0.05) is 30.0 Å². The number of nitrogens with one attached hydrogen (secondary N) is 1. The minimum absolute atomic E-state index is 0.0946. The molecule has 150 valence electrons. The molecule has 9 heteroatoms. The van der Waals surface area contributed by atoms with Crippen LogP contribution in [0, 0.1) is 0 Å². The number of Topliss-reactive ketones (excluding diaryl/α,β-unsaturated/α-hetero) is 1. The van der Waals surface area contributed by atoms with Gasteiger partial charge in [-0.05, 0) is 42.0 Å². The summed E-state index contributed by atoms with van der Waals surface area (Å²) in [5, 5.41) is 12.9. The molecule has 0 spiro atoms. The van der Waals surface area contributed by atoms with Crippen LogP contribution in [0.2, 0.25) is 10.3 Å². The Balaban J connectivity index is 1.66. The minimum atomic E-state index is -0.839. The number of rotatable bonds is 5. The number of aromatic nitrogens is 3. The van der Waals surface area contributed by atoms with Crippen molar-refractivity contribution in [2.24, 2.45) is 0 Å². The fraction of sp³-hybridized carbons (Fsp3) is 0.0476. The Morgan fingerprint density at radius 1 is 1.07 bits per heavy atom. The van der Waals surface area contributed by atoms with Crippen molar-refractivity contribution < 1.29 is 14.7 Å². The predicted octanol–water partition coefficient (Wildman–Crippen LogP) is 4.31. The van der Waals surface area contributed by atoms with Crippen LogP contribution in [0.4, 0.5) is 5.69 Å². The Morgan fingerprint density at radius 2 is 1.83 bits per heavy atom. The van der Waals surface area contributed by atoms with Gasteiger partial charge < -0.3 is 15.0 Å². The van der Waals surface area contributed by atoms with E-state index in [4.69, 9.17) is 23.2 Å². The highest BCUT2D eigenvalue weighted by Crippen LogP contribution is 2.23. The lowest BCUT2D eigenvalue weighted by molar-refractivity contribution is -0.112. The highest BCUT2D eigenvalue weighted by Gasteiger charge is 2.22. The van der Waals surface area contributed by atoms with Crippen LogP contribution >= 0.6 is 23.2 Å². The topological polar surface area (TPSA) is 97.1 Å². The zero-order chi connectivity index (χ0) is 21.3. The quantitative estimate of drug-likeness (QED) is 0.273. The molecular weight excluding hydrogens is 427 g/mol. The molecule has 0 atom stereocenters. The molecule has 1 aromatic carbocycles. The Bertz CT molecular complexity index is 1270. The number of carbonyl (C=O) groups is 2. The lowest BCUT2D eigenvalue weighted by atomic mass is 10.1. The first-order chi connectivity index (χ1) is 14.4. The molecule has 4 aromatic rings. The Kier molecular flexibility index (Phi) is 5.39. The van der Waals surface area contributed by atoms with Crippen molar-refractivity contribution in [3.63, 3.8) is 0 Å². The largest absolute Gasteiger partial charge is 0.508 e. The van der Waals surface area contributed by atoms with Crippen LogP contribution in [0.5, 0.6) is 5.75 Å². The van der Waals surface area contributed by atoms with Crippen LogP contribution in [0.3, 0.4) is 0 Å². The van der Waals surface area contributed by atoms with Gasteiger partial charge in [0.25, 0.3) is 11.7 Å². The van der Waals surface area contributed by atoms with Gasteiger partial charge in [0.2, 0.25) is 0 Å². The van der Waals surface area contributed by atoms with Crippen LogP contribution in [-0.2, 0) is 11.3 Å². The zero-order valence-electron chi connectivity index (χ0n) is 15.3. The van der Waals surface area contributed by atoms with E-state index in [0.717, 1.165) is 5.56 Å². The molecule has 0 saturated carbocycles. The summed E-state index contributed by atoms with van der Waals surface area (Å²) in [6.07, 6.45) is 3.19. The summed E-state index contributed by atoms with van der Waals surface area (Å²) in [5.41, 5.74) is 1.84. The van der Waals surface area contributed by atoms with E-state index in [1.807, 2.05) is 6.07 Å². The third-order valence-corrected chi connectivity index (χ3v) is 4.76. The number of hydrogen-bond donors (Lipinski definition) is 2. The second kappa shape index (κ2) is 8.14. The van der Waals surface area contributed by atoms with Gasteiger partial charge >= 0.3 is 0 Å². The summed E-state index contributed by atoms with van der Waals surface area (Å²) < 4.78 is 1.75. The maximum absolute atomic E-state index is 12.9. The number of ketones is 1. The summed E-state index contributed by atoms with van der Waals surface area (Å²) >= 11 is 11.7. The molecule has 30 heavy (non-hydrogen) atoms. The van der Waals surface area contributed by atoms with E-state index in [2.05, 4.69) is 15.3 Å². The highest BCUT2D eigenvalue weighted by atomic mass is 35.5. The van der Waals surface area contributed by atoms with Crippen molar-refractivity contribution in [2.45, 2.75) is 6.54 Å². The van der Waals surface area contributed by atoms with Gasteiger partial charge in [-0.2, -0.15) is 0 Å². The summed E-state index contributed by atoms with van der Waals surface area (Å²) in [6, 6.07) is 13.0. The first-order valence-electron chi connectivity index (χ1n) is 8.81. The maximum atomic E-state index is 12.9. The standard InChI is InChI=1S/C21H14Cl2N4O3/c22-17-8-13(9-18(23)26-17)25-21(30)19(29)16-11-27(20-15(16)5-2-6-24-20)10-12-3-1-4-14(28)7-12/h1-9,11,28H,10H2,(H,25,26,30). The van der Waals surface area contributed by atoms with E-state index in [1.165, 1.54) is 12.1 Å². The number of halogens is 2. The van der Waals surface area contributed by atoms with Crippen LogP contribution < -0.4 is 5.32 Å². The fourth-order valence-electron chi connectivity index (χ4n) is 3.12. The fourth-order valence-corrected chi connectivity index (χ4v) is 3.58. The van der Waals surface area contributed by atoms with Gasteiger partial charge in [-0.1, -0.05) is 35.3 Å². The number of carbonyl (C=O) groups excluding carboxylic acids is 2. The number of phenolic OH excluding ortho intramolecular Hbond substituents is 1. The summed E-state index contributed by atoms with van der Waals surface area (Å²) in [4.78, 5) is 33.6. The maximum Gasteiger partial charge on any atom is 0.296 e. The second-order valence-corrected chi connectivity index (χ2v) is 7.27. The Morgan fingerprint density at radius 3 is 2.57 bits per heavy atom. The van der Waals surface area contributed by atoms with Crippen LogP contribution in [0.25, 0.3) is 11.0 Å². The molecule has 0 aliphatic carbocycles. The molecule has 2 N–H and O–H groups in total. The van der Waals surface area contributed by atoms with E-state index in [-0.39, 0.29) is 27.3 Å². The molecule has 0 saturated heterocycles.